The van der Waals surface area contributed by atoms with E-state index in [4.69, 9.17) is 9.84 Å². The summed E-state index contributed by atoms with van der Waals surface area (Å²) < 4.78 is 5.84. The van der Waals surface area contributed by atoms with Crippen LogP contribution in [0.2, 0.25) is 0 Å². The summed E-state index contributed by atoms with van der Waals surface area (Å²) in [6.07, 6.45) is 11.1. The van der Waals surface area contributed by atoms with Gasteiger partial charge in [0.15, 0.2) is 0 Å². The van der Waals surface area contributed by atoms with Gasteiger partial charge in [-0.15, -0.1) is 6.58 Å². The van der Waals surface area contributed by atoms with Crippen LogP contribution in [-0.2, 0) is 4.74 Å². The predicted molar refractivity (Wildman–Crippen MR) is 76.6 cm³/mol. The second-order valence-electron chi connectivity index (χ2n) is 6.11. The molecule has 0 saturated heterocycles. The van der Waals surface area contributed by atoms with E-state index in [0.717, 1.165) is 18.8 Å². The van der Waals surface area contributed by atoms with Gasteiger partial charge in [0, 0.05) is 0 Å². The Morgan fingerprint density at radius 3 is 2.78 bits per heavy atom. The van der Waals surface area contributed by atoms with E-state index in [0.29, 0.717) is 12.7 Å². The standard InChI is InChI=1S/C16H30O2/c1-4-5-6-7-9-14-10-8-11-15(16(14,2)3)18-13-12-17/h4,14-15,17H,1,5-13H2,2-3H3. The van der Waals surface area contributed by atoms with E-state index < -0.39 is 0 Å². The van der Waals surface area contributed by atoms with Gasteiger partial charge in [0.25, 0.3) is 0 Å². The normalized spacial score (nSPS) is 27.1. The van der Waals surface area contributed by atoms with Gasteiger partial charge < -0.3 is 9.84 Å². The third kappa shape index (κ3) is 4.40. The fourth-order valence-corrected chi connectivity index (χ4v) is 3.25. The molecule has 0 aromatic rings. The number of hydrogen-bond acceptors (Lipinski definition) is 2. The van der Waals surface area contributed by atoms with Crippen LogP contribution >= 0.6 is 0 Å². The molecule has 0 spiro atoms. The average molecular weight is 254 g/mol. The number of hydrogen-bond donors (Lipinski definition) is 1. The Bertz CT molecular complexity index is 235. The monoisotopic (exact) mass is 254 g/mol. The Balaban J connectivity index is 2.43. The van der Waals surface area contributed by atoms with E-state index in [-0.39, 0.29) is 12.0 Å². The van der Waals surface area contributed by atoms with Crippen molar-refractivity contribution in [1.82, 2.24) is 0 Å². The van der Waals surface area contributed by atoms with Crippen molar-refractivity contribution in [2.45, 2.75) is 64.9 Å². The van der Waals surface area contributed by atoms with Crippen LogP contribution in [0.5, 0.6) is 0 Å². The molecule has 1 fully saturated rings. The highest BCUT2D eigenvalue weighted by molar-refractivity contribution is 4.90. The summed E-state index contributed by atoms with van der Waals surface area (Å²) in [5.74, 6) is 0.764. The van der Waals surface area contributed by atoms with Crippen LogP contribution in [0, 0.1) is 11.3 Å². The van der Waals surface area contributed by atoms with Gasteiger partial charge in [-0.05, 0) is 43.4 Å². The quantitative estimate of drug-likeness (QED) is 0.525. The summed E-state index contributed by atoms with van der Waals surface area (Å²) >= 11 is 0. The van der Waals surface area contributed by atoms with Crippen LogP contribution in [0.4, 0.5) is 0 Å². The fourth-order valence-electron chi connectivity index (χ4n) is 3.25. The molecule has 1 aliphatic carbocycles. The Labute approximate surface area is 112 Å². The number of unbranched alkanes of at least 4 members (excludes halogenated alkanes) is 2. The largest absolute Gasteiger partial charge is 0.394 e. The van der Waals surface area contributed by atoms with E-state index in [2.05, 4.69) is 20.4 Å². The number of ether oxygens (including phenoxy) is 1. The Morgan fingerprint density at radius 1 is 1.33 bits per heavy atom. The highest BCUT2D eigenvalue weighted by atomic mass is 16.5. The molecule has 2 unspecified atom stereocenters. The van der Waals surface area contributed by atoms with Gasteiger partial charge in [0.2, 0.25) is 0 Å². The summed E-state index contributed by atoms with van der Waals surface area (Å²) in [5, 5.41) is 8.90. The number of aliphatic hydroxyl groups excluding tert-OH is 1. The molecule has 0 aliphatic heterocycles. The van der Waals surface area contributed by atoms with E-state index in [9.17, 15) is 0 Å². The maximum atomic E-state index is 8.90. The van der Waals surface area contributed by atoms with Gasteiger partial charge in [-0.25, -0.2) is 0 Å². The number of allylic oxidation sites excluding steroid dienone is 1. The lowest BCUT2D eigenvalue weighted by atomic mass is 9.65. The maximum Gasteiger partial charge on any atom is 0.0701 e. The highest BCUT2D eigenvalue weighted by Crippen LogP contribution is 2.44. The van der Waals surface area contributed by atoms with Gasteiger partial charge >= 0.3 is 0 Å². The van der Waals surface area contributed by atoms with E-state index in [1.165, 1.54) is 32.1 Å². The van der Waals surface area contributed by atoms with Gasteiger partial charge in [-0.2, -0.15) is 0 Å². The van der Waals surface area contributed by atoms with Crippen LogP contribution in [-0.4, -0.2) is 24.4 Å². The second-order valence-corrected chi connectivity index (χ2v) is 6.11. The summed E-state index contributed by atoms with van der Waals surface area (Å²) in [5.41, 5.74) is 0.252. The van der Waals surface area contributed by atoms with Crippen LogP contribution in [0.3, 0.4) is 0 Å². The second kappa shape index (κ2) is 7.96. The molecule has 106 valence electrons. The summed E-state index contributed by atoms with van der Waals surface area (Å²) in [6.45, 7) is 9.07. The molecule has 2 nitrogen and oxygen atoms in total. The van der Waals surface area contributed by atoms with Crippen LogP contribution in [0.15, 0.2) is 12.7 Å². The third-order valence-corrected chi connectivity index (χ3v) is 4.52. The van der Waals surface area contributed by atoms with Crippen molar-refractivity contribution in [3.63, 3.8) is 0 Å². The molecule has 0 bridgehead atoms. The van der Waals surface area contributed by atoms with Gasteiger partial charge in [-0.3, -0.25) is 0 Å². The topological polar surface area (TPSA) is 29.5 Å². The molecule has 0 heterocycles. The Hall–Kier alpha value is -0.340. The van der Waals surface area contributed by atoms with Crippen molar-refractivity contribution in [2.75, 3.05) is 13.2 Å². The molecule has 1 aliphatic rings. The van der Waals surface area contributed by atoms with Gasteiger partial charge in [-0.1, -0.05) is 32.8 Å². The molecule has 0 amide bonds. The third-order valence-electron chi connectivity index (χ3n) is 4.52. The zero-order valence-electron chi connectivity index (χ0n) is 12.2. The SMILES string of the molecule is C=CCCCCC1CCCC(OCCO)C1(C)C. The molecule has 1 N–H and O–H groups in total. The van der Waals surface area contributed by atoms with Crippen molar-refractivity contribution >= 4 is 0 Å². The predicted octanol–water partition coefficient (Wildman–Crippen LogP) is 3.94. The Kier molecular flexibility index (Phi) is 6.95. The molecule has 2 atom stereocenters. The van der Waals surface area contributed by atoms with Crippen molar-refractivity contribution in [2.24, 2.45) is 11.3 Å². The minimum absolute atomic E-state index is 0.135. The molecular weight excluding hydrogens is 224 g/mol. The lowest BCUT2D eigenvalue weighted by molar-refractivity contribution is -0.0886. The van der Waals surface area contributed by atoms with E-state index >= 15 is 0 Å². The zero-order chi connectivity index (χ0) is 13.4. The number of rotatable bonds is 8. The molecular formula is C16H30O2. The van der Waals surface area contributed by atoms with Crippen LogP contribution in [0.25, 0.3) is 0 Å². The molecule has 0 aromatic carbocycles. The van der Waals surface area contributed by atoms with E-state index in [1.54, 1.807) is 0 Å². The van der Waals surface area contributed by atoms with Crippen LogP contribution in [0.1, 0.15) is 58.8 Å². The number of aliphatic hydroxyl groups is 1. The first-order valence-electron chi connectivity index (χ1n) is 7.46. The Morgan fingerprint density at radius 2 is 2.11 bits per heavy atom. The summed E-state index contributed by atoms with van der Waals surface area (Å²) in [7, 11) is 0. The van der Waals surface area contributed by atoms with E-state index in [1.807, 2.05) is 6.08 Å². The molecule has 18 heavy (non-hydrogen) atoms. The van der Waals surface area contributed by atoms with Gasteiger partial charge in [0.1, 0.15) is 0 Å². The van der Waals surface area contributed by atoms with Crippen molar-refractivity contribution in [1.29, 1.82) is 0 Å². The van der Waals surface area contributed by atoms with Gasteiger partial charge in [0.05, 0.1) is 19.3 Å². The molecule has 2 heteroatoms. The molecule has 0 radical (unpaired) electrons. The summed E-state index contributed by atoms with van der Waals surface area (Å²) in [6, 6.07) is 0. The minimum Gasteiger partial charge on any atom is -0.394 e. The van der Waals surface area contributed by atoms with Crippen molar-refractivity contribution in [3.05, 3.63) is 12.7 Å². The first-order valence-corrected chi connectivity index (χ1v) is 7.46. The first-order chi connectivity index (χ1) is 8.62. The minimum atomic E-state index is 0.135. The van der Waals surface area contributed by atoms with Crippen molar-refractivity contribution < 1.29 is 9.84 Å². The smallest absolute Gasteiger partial charge is 0.0701 e. The van der Waals surface area contributed by atoms with Crippen molar-refractivity contribution in [3.8, 4) is 0 Å². The molecule has 1 rings (SSSR count). The van der Waals surface area contributed by atoms with Crippen LogP contribution < -0.4 is 0 Å². The lowest BCUT2D eigenvalue weighted by Gasteiger charge is -2.45. The first kappa shape index (κ1) is 15.7. The fraction of sp³-hybridized carbons (Fsp3) is 0.875. The zero-order valence-corrected chi connectivity index (χ0v) is 12.2. The maximum absolute atomic E-state index is 8.90. The lowest BCUT2D eigenvalue weighted by Crippen LogP contribution is -2.42. The highest BCUT2D eigenvalue weighted by Gasteiger charge is 2.40. The summed E-state index contributed by atoms with van der Waals surface area (Å²) in [4.78, 5) is 0. The molecule has 0 aromatic heterocycles. The molecule has 1 saturated carbocycles. The average Bonchev–Trinajstić information content (AvgIpc) is 2.34.